The fraction of sp³-hybridized carbons (Fsp3) is 0.500. The topological polar surface area (TPSA) is 61.5 Å². The Kier molecular flexibility index (Phi) is 8.29. The van der Waals surface area contributed by atoms with E-state index in [4.69, 9.17) is 5.73 Å². The number of rotatable bonds is 2. The molecule has 0 radical (unpaired) electrons. The van der Waals surface area contributed by atoms with Gasteiger partial charge in [-0.15, -0.1) is 24.8 Å². The molecule has 22 heavy (non-hydrogen) atoms. The van der Waals surface area contributed by atoms with Crippen molar-refractivity contribution in [1.82, 2.24) is 10.2 Å². The number of nitrogens with one attached hydrogen (secondary N) is 1. The Balaban J connectivity index is 0.00000220. The van der Waals surface area contributed by atoms with Gasteiger partial charge < -0.3 is 16.2 Å². The van der Waals surface area contributed by atoms with E-state index in [2.05, 4.69) is 21.2 Å². The molecule has 1 heterocycles. The molecule has 1 aromatic rings. The van der Waals surface area contributed by atoms with Crippen molar-refractivity contribution >= 4 is 46.4 Å². The lowest BCUT2D eigenvalue weighted by atomic mass is 10.0. The van der Waals surface area contributed by atoms with Gasteiger partial charge in [-0.1, -0.05) is 15.9 Å². The molecule has 0 aromatic heterocycles. The van der Waals surface area contributed by atoms with Gasteiger partial charge in [-0.05, 0) is 12.1 Å². The molecule has 1 saturated heterocycles. The second kappa shape index (κ2) is 8.44. The number of nitrogen functional groups attached to an aromatic ring is 1. The van der Waals surface area contributed by atoms with Crippen molar-refractivity contribution in [2.75, 3.05) is 31.9 Å². The Morgan fingerprint density at radius 3 is 2.27 bits per heavy atom. The van der Waals surface area contributed by atoms with E-state index in [9.17, 15) is 18.3 Å². The van der Waals surface area contributed by atoms with Gasteiger partial charge in [0.05, 0.1) is 5.69 Å². The van der Waals surface area contributed by atoms with Crippen LogP contribution < -0.4 is 11.1 Å². The molecule has 0 bridgehead atoms. The SMILES string of the molecule is Cl.Cl.Nc1ccc(Br)c([C@H](N2CCNCC2)C(F)(F)F)c1O. The number of anilines is 1. The third-order valence-electron chi connectivity index (χ3n) is 3.30. The maximum absolute atomic E-state index is 13.4. The van der Waals surface area contributed by atoms with Crippen LogP contribution in [-0.4, -0.2) is 42.4 Å². The van der Waals surface area contributed by atoms with Gasteiger partial charge in [-0.3, -0.25) is 4.90 Å². The van der Waals surface area contributed by atoms with Crippen molar-refractivity contribution in [3.05, 3.63) is 22.2 Å². The van der Waals surface area contributed by atoms with E-state index in [-0.39, 0.29) is 53.6 Å². The highest BCUT2D eigenvalue weighted by molar-refractivity contribution is 9.10. The molecule has 4 nitrogen and oxygen atoms in total. The van der Waals surface area contributed by atoms with E-state index in [1.165, 1.54) is 17.0 Å². The number of halogens is 6. The van der Waals surface area contributed by atoms with Gasteiger partial charge in [0.25, 0.3) is 0 Å². The van der Waals surface area contributed by atoms with E-state index >= 15 is 0 Å². The van der Waals surface area contributed by atoms with Gasteiger partial charge in [-0.2, -0.15) is 13.2 Å². The minimum atomic E-state index is -4.49. The quantitative estimate of drug-likeness (QED) is 0.502. The highest BCUT2D eigenvalue weighted by atomic mass is 79.9. The molecule has 0 aliphatic carbocycles. The Bertz CT molecular complexity index is 499. The van der Waals surface area contributed by atoms with Gasteiger partial charge in [0.15, 0.2) is 0 Å². The fourth-order valence-electron chi connectivity index (χ4n) is 2.35. The first-order valence-electron chi connectivity index (χ1n) is 6.10. The molecule has 1 atom stereocenters. The third kappa shape index (κ3) is 4.55. The van der Waals surface area contributed by atoms with Crippen molar-refractivity contribution < 1.29 is 18.3 Å². The number of aromatic hydroxyl groups is 1. The first-order chi connectivity index (χ1) is 9.32. The summed E-state index contributed by atoms with van der Waals surface area (Å²) in [4.78, 5) is 1.30. The summed E-state index contributed by atoms with van der Waals surface area (Å²) in [5.74, 6) is -0.514. The first kappa shape index (κ1) is 21.6. The van der Waals surface area contributed by atoms with Gasteiger partial charge in [0, 0.05) is 36.2 Å². The summed E-state index contributed by atoms with van der Waals surface area (Å²) in [6.45, 7) is 1.47. The number of nitrogens with two attached hydrogens (primary N) is 1. The van der Waals surface area contributed by atoms with E-state index in [1.54, 1.807) is 0 Å². The molecule has 10 heteroatoms. The summed E-state index contributed by atoms with van der Waals surface area (Å²) in [5, 5.41) is 13.0. The lowest BCUT2D eigenvalue weighted by Gasteiger charge is -2.36. The van der Waals surface area contributed by atoms with Crippen LogP contribution >= 0.6 is 40.7 Å². The molecule has 0 spiro atoms. The molecule has 128 valence electrons. The van der Waals surface area contributed by atoms with Crippen LogP contribution in [0.2, 0.25) is 0 Å². The maximum Gasteiger partial charge on any atom is 0.408 e. The van der Waals surface area contributed by atoms with Crippen molar-refractivity contribution in [2.24, 2.45) is 0 Å². The average Bonchev–Trinajstić information content (AvgIpc) is 2.39. The van der Waals surface area contributed by atoms with Gasteiger partial charge in [0.2, 0.25) is 0 Å². The number of phenolic OH excluding ortho intramolecular Hbond substituents is 1. The van der Waals surface area contributed by atoms with Crippen molar-refractivity contribution in [3.8, 4) is 5.75 Å². The van der Waals surface area contributed by atoms with E-state index in [1.807, 2.05) is 0 Å². The number of alkyl halides is 3. The van der Waals surface area contributed by atoms with Gasteiger partial charge in [-0.25, -0.2) is 0 Å². The first-order valence-corrected chi connectivity index (χ1v) is 6.90. The van der Waals surface area contributed by atoms with Crippen LogP contribution in [0.1, 0.15) is 11.6 Å². The molecule has 1 aliphatic heterocycles. The smallest absolute Gasteiger partial charge is 0.408 e. The lowest BCUT2D eigenvalue weighted by molar-refractivity contribution is -0.188. The van der Waals surface area contributed by atoms with Crippen LogP contribution in [0, 0.1) is 0 Å². The predicted molar refractivity (Wildman–Crippen MR) is 88.0 cm³/mol. The summed E-state index contributed by atoms with van der Waals surface area (Å²) >= 11 is 3.08. The highest BCUT2D eigenvalue weighted by Crippen LogP contribution is 2.46. The fourth-order valence-corrected chi connectivity index (χ4v) is 2.89. The monoisotopic (exact) mass is 425 g/mol. The normalized spacial score (nSPS) is 17.3. The number of piperazine rings is 1. The van der Waals surface area contributed by atoms with Crippen LogP contribution in [0.15, 0.2) is 16.6 Å². The number of hydrogen-bond donors (Lipinski definition) is 3. The second-order valence-corrected chi connectivity index (χ2v) is 5.48. The zero-order chi connectivity index (χ0) is 14.9. The molecule has 2 rings (SSSR count). The number of phenols is 1. The predicted octanol–water partition coefficient (Wildman–Crippen LogP) is 3.09. The Morgan fingerprint density at radius 2 is 1.77 bits per heavy atom. The standard InChI is InChI=1S/C12H15BrF3N3O.2ClH/c13-7-1-2-8(17)10(20)9(7)11(12(14,15)16)19-5-3-18-4-6-19;;/h1-2,11,18,20H,3-6,17H2;2*1H/t11-;;/m0../s1. The van der Waals surface area contributed by atoms with Crippen LogP contribution in [0.25, 0.3) is 0 Å². The lowest BCUT2D eigenvalue weighted by Crippen LogP contribution is -2.49. The molecule has 0 unspecified atom stereocenters. The third-order valence-corrected chi connectivity index (χ3v) is 3.99. The summed E-state index contributed by atoms with van der Waals surface area (Å²) in [5.41, 5.74) is 5.25. The number of hydrogen-bond acceptors (Lipinski definition) is 4. The second-order valence-electron chi connectivity index (χ2n) is 4.63. The zero-order valence-corrected chi connectivity index (χ0v) is 14.6. The molecule has 0 amide bonds. The Labute approximate surface area is 147 Å². The molecular formula is C12H17BrCl2F3N3O. The molecule has 1 fully saturated rings. The largest absolute Gasteiger partial charge is 0.505 e. The molecule has 0 saturated carbocycles. The van der Waals surface area contributed by atoms with Crippen molar-refractivity contribution in [3.63, 3.8) is 0 Å². The van der Waals surface area contributed by atoms with Crippen molar-refractivity contribution in [1.29, 1.82) is 0 Å². The molecule has 1 aliphatic rings. The van der Waals surface area contributed by atoms with E-state index in [0.29, 0.717) is 13.1 Å². The van der Waals surface area contributed by atoms with Crippen LogP contribution in [0.5, 0.6) is 5.75 Å². The summed E-state index contributed by atoms with van der Waals surface area (Å²) in [6, 6.07) is 0.918. The van der Waals surface area contributed by atoms with Crippen molar-refractivity contribution in [2.45, 2.75) is 12.2 Å². The number of benzene rings is 1. The van der Waals surface area contributed by atoms with Crippen LogP contribution in [0.4, 0.5) is 18.9 Å². The summed E-state index contributed by atoms with van der Waals surface area (Å²) < 4.78 is 40.5. The highest BCUT2D eigenvalue weighted by Gasteiger charge is 2.47. The van der Waals surface area contributed by atoms with Gasteiger partial charge in [0.1, 0.15) is 11.8 Å². The molecular weight excluding hydrogens is 410 g/mol. The minimum absolute atomic E-state index is 0. The summed E-state index contributed by atoms with van der Waals surface area (Å²) in [7, 11) is 0. The van der Waals surface area contributed by atoms with Gasteiger partial charge >= 0.3 is 6.18 Å². The minimum Gasteiger partial charge on any atom is -0.505 e. The molecule has 4 N–H and O–H groups in total. The Hall–Kier alpha value is -0.410. The maximum atomic E-state index is 13.4. The van der Waals surface area contributed by atoms with Crippen LogP contribution in [0.3, 0.4) is 0 Å². The van der Waals surface area contributed by atoms with Crippen LogP contribution in [-0.2, 0) is 0 Å². The Morgan fingerprint density at radius 1 is 1.23 bits per heavy atom. The van der Waals surface area contributed by atoms with E-state index in [0.717, 1.165) is 0 Å². The van der Waals surface area contributed by atoms with E-state index < -0.39 is 18.0 Å². The average molecular weight is 427 g/mol. The number of nitrogens with zero attached hydrogens (tertiary/aromatic N) is 1. The molecule has 1 aromatic carbocycles. The summed E-state index contributed by atoms with van der Waals surface area (Å²) in [6.07, 6.45) is -4.49. The zero-order valence-electron chi connectivity index (χ0n) is 11.4.